The molecule has 0 spiro atoms. The van der Waals surface area contributed by atoms with E-state index in [9.17, 15) is 4.79 Å². The van der Waals surface area contributed by atoms with Crippen molar-refractivity contribution in [2.24, 2.45) is 7.05 Å². The van der Waals surface area contributed by atoms with Gasteiger partial charge in [0.25, 0.3) is 5.91 Å². The number of nitrogens with zero attached hydrogens (tertiary/aromatic N) is 3. The minimum absolute atomic E-state index is 0.137. The van der Waals surface area contributed by atoms with Crippen LogP contribution >= 0.6 is 11.3 Å². The monoisotopic (exact) mass is 418 g/mol. The molecular formula is C22H22N6OS. The van der Waals surface area contributed by atoms with E-state index in [1.54, 1.807) is 16.0 Å². The van der Waals surface area contributed by atoms with Gasteiger partial charge < -0.3 is 5.32 Å². The van der Waals surface area contributed by atoms with Gasteiger partial charge in [-0.25, -0.2) is 15.8 Å². The summed E-state index contributed by atoms with van der Waals surface area (Å²) in [7, 11) is 1.85. The zero-order chi connectivity index (χ0) is 20.7. The van der Waals surface area contributed by atoms with Crippen LogP contribution in [0.5, 0.6) is 0 Å². The molecule has 5 rings (SSSR count). The number of aromatic nitrogens is 3. The van der Waals surface area contributed by atoms with Gasteiger partial charge in [-0.15, -0.1) is 11.3 Å². The largest absolute Gasteiger partial charge is 0.335 e. The Kier molecular flexibility index (Phi) is 4.82. The van der Waals surface area contributed by atoms with Crippen LogP contribution < -0.4 is 16.2 Å². The van der Waals surface area contributed by atoms with E-state index in [1.807, 2.05) is 56.4 Å². The predicted molar refractivity (Wildman–Crippen MR) is 118 cm³/mol. The molecule has 7 nitrogen and oxygen atoms in total. The molecule has 0 saturated carbocycles. The lowest BCUT2D eigenvalue weighted by Crippen LogP contribution is -2.44. The first kappa shape index (κ1) is 18.9. The lowest BCUT2D eigenvalue weighted by molar-refractivity contribution is 0.0934. The number of hydrazine groups is 1. The number of rotatable bonds is 4. The molecule has 152 valence electrons. The molecule has 1 fully saturated rings. The number of pyridine rings is 1. The van der Waals surface area contributed by atoms with E-state index in [-0.39, 0.29) is 18.1 Å². The number of aryl methyl sites for hydroxylation is 2. The summed E-state index contributed by atoms with van der Waals surface area (Å²) in [6.45, 7) is 1.91. The van der Waals surface area contributed by atoms with Crippen LogP contribution in [0.3, 0.4) is 0 Å². The van der Waals surface area contributed by atoms with E-state index in [4.69, 9.17) is 4.98 Å². The number of amides is 1. The summed E-state index contributed by atoms with van der Waals surface area (Å²) < 4.78 is 1.73. The maximum atomic E-state index is 13.3. The maximum Gasteiger partial charge on any atom is 0.253 e. The maximum absolute atomic E-state index is 13.3. The van der Waals surface area contributed by atoms with Crippen molar-refractivity contribution in [3.8, 4) is 11.3 Å². The minimum Gasteiger partial charge on any atom is -0.335 e. The van der Waals surface area contributed by atoms with Gasteiger partial charge in [0.2, 0.25) is 0 Å². The molecule has 30 heavy (non-hydrogen) atoms. The van der Waals surface area contributed by atoms with Crippen LogP contribution in [0.2, 0.25) is 0 Å². The molecule has 1 aliphatic heterocycles. The van der Waals surface area contributed by atoms with Crippen molar-refractivity contribution in [1.82, 2.24) is 30.9 Å². The van der Waals surface area contributed by atoms with E-state index in [0.29, 0.717) is 11.2 Å². The SMILES string of the molecule is Cc1nn(C)c2nc(-c3ccccc3)cc(C(=O)NC3CC(c4cccs4)NN3)c12. The molecule has 8 heteroatoms. The van der Waals surface area contributed by atoms with Crippen molar-refractivity contribution in [2.75, 3.05) is 0 Å². The fourth-order valence-electron chi connectivity index (χ4n) is 3.94. The topological polar surface area (TPSA) is 83.9 Å². The molecular weight excluding hydrogens is 396 g/mol. The number of carbonyl (C=O) groups excluding carboxylic acids is 1. The molecule has 0 aliphatic carbocycles. The van der Waals surface area contributed by atoms with Crippen molar-refractivity contribution >= 4 is 28.3 Å². The Morgan fingerprint density at radius 3 is 2.80 bits per heavy atom. The van der Waals surface area contributed by atoms with E-state index in [1.165, 1.54) is 4.88 Å². The molecule has 1 aromatic carbocycles. The van der Waals surface area contributed by atoms with E-state index in [2.05, 4.69) is 32.7 Å². The first-order valence-electron chi connectivity index (χ1n) is 9.85. The summed E-state index contributed by atoms with van der Waals surface area (Å²) in [5.41, 5.74) is 10.3. The van der Waals surface area contributed by atoms with Gasteiger partial charge in [-0.2, -0.15) is 5.10 Å². The van der Waals surface area contributed by atoms with Gasteiger partial charge in [0.05, 0.1) is 34.5 Å². The third-order valence-corrected chi connectivity index (χ3v) is 6.36. The van der Waals surface area contributed by atoms with Crippen molar-refractivity contribution in [3.63, 3.8) is 0 Å². The third-order valence-electron chi connectivity index (χ3n) is 5.38. The van der Waals surface area contributed by atoms with Gasteiger partial charge in [0.15, 0.2) is 5.65 Å². The smallest absolute Gasteiger partial charge is 0.253 e. The van der Waals surface area contributed by atoms with Crippen LogP contribution in [-0.2, 0) is 7.05 Å². The number of thiophene rings is 1. The van der Waals surface area contributed by atoms with Gasteiger partial charge in [0.1, 0.15) is 0 Å². The quantitative estimate of drug-likeness (QED) is 0.474. The third kappa shape index (κ3) is 3.39. The van der Waals surface area contributed by atoms with Crippen LogP contribution in [0.15, 0.2) is 53.9 Å². The highest BCUT2D eigenvalue weighted by Gasteiger charge is 2.28. The molecule has 0 radical (unpaired) electrons. The summed E-state index contributed by atoms with van der Waals surface area (Å²) in [6.07, 6.45) is 0.614. The number of fused-ring (bicyclic) bond motifs is 1. The first-order chi connectivity index (χ1) is 14.6. The number of hydrogen-bond acceptors (Lipinski definition) is 6. The highest BCUT2D eigenvalue weighted by molar-refractivity contribution is 7.10. The summed E-state index contributed by atoms with van der Waals surface area (Å²) in [5.74, 6) is -0.137. The summed E-state index contributed by atoms with van der Waals surface area (Å²) in [5, 5.41) is 10.5. The molecule has 4 aromatic rings. The van der Waals surface area contributed by atoms with E-state index < -0.39 is 0 Å². The summed E-state index contributed by atoms with van der Waals surface area (Å²) >= 11 is 1.71. The molecule has 4 heterocycles. The van der Waals surface area contributed by atoms with Crippen LogP contribution in [0.1, 0.15) is 33.4 Å². The average Bonchev–Trinajstić information content (AvgIpc) is 3.50. The van der Waals surface area contributed by atoms with Crippen LogP contribution in [0.4, 0.5) is 0 Å². The van der Waals surface area contributed by atoms with Crippen molar-refractivity contribution in [3.05, 3.63) is 70.0 Å². The minimum atomic E-state index is -0.162. The highest BCUT2D eigenvalue weighted by atomic mass is 32.1. The standard InChI is InChI=1S/C22H22N6OS/c1-13-20-15(22(29)24-19-12-17(25-26-19)18-9-6-10-30-18)11-16(14-7-4-3-5-8-14)23-21(20)28(2)27-13/h3-11,17,19,25-26H,12H2,1-2H3,(H,24,29). The summed E-state index contributed by atoms with van der Waals surface area (Å²) in [4.78, 5) is 19.3. The van der Waals surface area contributed by atoms with Crippen LogP contribution in [0, 0.1) is 6.92 Å². The predicted octanol–water partition coefficient (Wildman–Crippen LogP) is 3.30. The molecule has 2 unspecified atom stereocenters. The average molecular weight is 419 g/mol. The van der Waals surface area contributed by atoms with E-state index in [0.717, 1.165) is 28.8 Å². The molecule has 1 aliphatic rings. The van der Waals surface area contributed by atoms with Gasteiger partial charge in [-0.05, 0) is 24.4 Å². The highest BCUT2D eigenvalue weighted by Crippen LogP contribution is 2.28. The van der Waals surface area contributed by atoms with Crippen LogP contribution in [0.25, 0.3) is 22.3 Å². The van der Waals surface area contributed by atoms with Crippen molar-refractivity contribution < 1.29 is 4.79 Å². The fourth-order valence-corrected chi connectivity index (χ4v) is 4.73. The second kappa shape index (κ2) is 7.64. The lowest BCUT2D eigenvalue weighted by atomic mass is 10.0. The summed E-state index contributed by atoms with van der Waals surface area (Å²) in [6, 6.07) is 16.1. The lowest BCUT2D eigenvalue weighted by Gasteiger charge is -2.14. The second-order valence-corrected chi connectivity index (χ2v) is 8.43. The van der Waals surface area contributed by atoms with Gasteiger partial charge in [-0.3, -0.25) is 9.48 Å². The van der Waals surface area contributed by atoms with Gasteiger partial charge in [-0.1, -0.05) is 36.4 Å². The fraction of sp³-hybridized carbons (Fsp3) is 0.227. The number of hydrogen-bond donors (Lipinski definition) is 3. The number of carbonyl (C=O) groups is 1. The zero-order valence-corrected chi connectivity index (χ0v) is 17.5. The Morgan fingerprint density at radius 2 is 2.03 bits per heavy atom. The van der Waals surface area contributed by atoms with Gasteiger partial charge in [0, 0.05) is 23.9 Å². The Labute approximate surface area is 178 Å². The normalized spacial score (nSPS) is 18.7. The molecule has 1 amide bonds. The molecule has 0 bridgehead atoms. The molecule has 1 saturated heterocycles. The Bertz CT molecular complexity index is 1200. The number of nitrogens with one attached hydrogen (secondary N) is 3. The molecule has 3 aromatic heterocycles. The molecule has 3 N–H and O–H groups in total. The van der Waals surface area contributed by atoms with Crippen LogP contribution in [-0.4, -0.2) is 26.8 Å². The van der Waals surface area contributed by atoms with Gasteiger partial charge >= 0.3 is 0 Å². The molecule has 2 atom stereocenters. The van der Waals surface area contributed by atoms with Crippen molar-refractivity contribution in [2.45, 2.75) is 25.6 Å². The Balaban J connectivity index is 1.47. The van der Waals surface area contributed by atoms with Crippen molar-refractivity contribution in [1.29, 1.82) is 0 Å². The number of benzene rings is 1. The van der Waals surface area contributed by atoms with E-state index >= 15 is 0 Å². The second-order valence-electron chi connectivity index (χ2n) is 7.45. The Morgan fingerprint density at radius 1 is 1.20 bits per heavy atom. The first-order valence-corrected chi connectivity index (χ1v) is 10.7. The Hall–Kier alpha value is -3.07. The zero-order valence-electron chi connectivity index (χ0n) is 16.7.